The molecule has 2 N–H and O–H groups in total. The van der Waals surface area contributed by atoms with Gasteiger partial charge in [-0.25, -0.2) is 4.79 Å². The molecular formula is C21H20N4O4. The number of carbonyl (C=O) groups excluding carboxylic acids is 4. The first kappa shape index (κ1) is 20.0. The minimum absolute atomic E-state index is 0.168. The molecule has 148 valence electrons. The monoisotopic (exact) mass is 392 g/mol. The summed E-state index contributed by atoms with van der Waals surface area (Å²) in [5, 5.41) is 11.6. The molecule has 3 rings (SSSR count). The van der Waals surface area contributed by atoms with Crippen LogP contribution in [0.2, 0.25) is 0 Å². The molecule has 0 aliphatic carbocycles. The molecule has 0 saturated carbocycles. The quantitative estimate of drug-likeness (QED) is 0.597. The second-order valence-corrected chi connectivity index (χ2v) is 7.24. The van der Waals surface area contributed by atoms with Gasteiger partial charge < -0.3 is 10.3 Å². The molecule has 1 aromatic heterocycles. The molecule has 0 bridgehead atoms. The van der Waals surface area contributed by atoms with Gasteiger partial charge in [-0.15, -0.1) is 0 Å². The fraction of sp³-hybridized carbons (Fsp3) is 0.286. The summed E-state index contributed by atoms with van der Waals surface area (Å²) in [6.07, 6.45) is 0. The lowest BCUT2D eigenvalue weighted by Crippen LogP contribution is -2.41. The van der Waals surface area contributed by atoms with Crippen molar-refractivity contribution in [2.45, 2.75) is 33.2 Å². The second kappa shape index (κ2) is 7.02. The molecule has 0 radical (unpaired) electrons. The van der Waals surface area contributed by atoms with Crippen LogP contribution in [0.3, 0.4) is 0 Å². The van der Waals surface area contributed by atoms with E-state index in [0.717, 1.165) is 4.90 Å². The Bertz CT molecular complexity index is 1090. The van der Waals surface area contributed by atoms with E-state index in [1.807, 2.05) is 6.07 Å². The van der Waals surface area contributed by atoms with Gasteiger partial charge in [-0.05, 0) is 51.0 Å². The third-order valence-corrected chi connectivity index (χ3v) is 5.24. The van der Waals surface area contributed by atoms with Crippen molar-refractivity contribution >= 4 is 23.5 Å². The normalized spacial score (nSPS) is 18.5. The van der Waals surface area contributed by atoms with Crippen molar-refractivity contribution < 1.29 is 19.2 Å². The molecule has 1 atom stereocenters. The van der Waals surface area contributed by atoms with Crippen LogP contribution in [0.15, 0.2) is 24.3 Å². The van der Waals surface area contributed by atoms with Gasteiger partial charge in [-0.2, -0.15) is 5.26 Å². The van der Waals surface area contributed by atoms with Crippen LogP contribution in [0.4, 0.5) is 4.79 Å². The molecule has 1 fully saturated rings. The Hall–Kier alpha value is -3.73. The summed E-state index contributed by atoms with van der Waals surface area (Å²) in [6, 6.07) is 7.63. The van der Waals surface area contributed by atoms with E-state index in [1.165, 1.54) is 6.92 Å². The minimum atomic E-state index is -1.34. The predicted octanol–water partition coefficient (Wildman–Crippen LogP) is 2.36. The van der Waals surface area contributed by atoms with Crippen molar-refractivity contribution in [1.29, 1.82) is 5.26 Å². The van der Waals surface area contributed by atoms with Crippen molar-refractivity contribution in [3.05, 3.63) is 57.9 Å². The highest BCUT2D eigenvalue weighted by atomic mass is 16.2. The number of Topliss-reactive ketones (excluding diaryl/α,β-unsaturated/α-hetero) is 2. The van der Waals surface area contributed by atoms with Crippen LogP contribution < -0.4 is 5.32 Å². The number of hydrogen-bond donors (Lipinski definition) is 2. The predicted molar refractivity (Wildman–Crippen MR) is 103 cm³/mol. The van der Waals surface area contributed by atoms with E-state index < -0.39 is 29.8 Å². The lowest BCUT2D eigenvalue weighted by Gasteiger charge is -2.22. The summed E-state index contributed by atoms with van der Waals surface area (Å²) in [6.45, 7) is 5.86. The van der Waals surface area contributed by atoms with Gasteiger partial charge in [0.1, 0.15) is 5.54 Å². The first-order chi connectivity index (χ1) is 13.6. The first-order valence-corrected chi connectivity index (χ1v) is 8.98. The molecule has 0 unspecified atom stereocenters. The molecule has 8 heteroatoms. The van der Waals surface area contributed by atoms with E-state index in [-0.39, 0.29) is 11.5 Å². The lowest BCUT2D eigenvalue weighted by atomic mass is 9.91. The molecule has 3 amide bonds. The highest BCUT2D eigenvalue weighted by Crippen LogP contribution is 2.29. The van der Waals surface area contributed by atoms with Gasteiger partial charge >= 0.3 is 6.03 Å². The number of H-pyrrole nitrogens is 1. The van der Waals surface area contributed by atoms with Crippen LogP contribution in [0, 0.1) is 25.2 Å². The van der Waals surface area contributed by atoms with Crippen molar-refractivity contribution in [2.24, 2.45) is 0 Å². The van der Waals surface area contributed by atoms with Crippen molar-refractivity contribution in [2.75, 3.05) is 6.54 Å². The Kier molecular flexibility index (Phi) is 4.84. The number of nitriles is 1. The Labute approximate surface area is 167 Å². The van der Waals surface area contributed by atoms with E-state index in [0.29, 0.717) is 27.9 Å². The zero-order valence-electron chi connectivity index (χ0n) is 16.5. The van der Waals surface area contributed by atoms with Crippen LogP contribution >= 0.6 is 0 Å². The first-order valence-electron chi connectivity index (χ1n) is 8.98. The average molecular weight is 392 g/mol. The molecule has 0 spiro atoms. The number of benzene rings is 1. The SMILES string of the molecule is CC(=O)c1c(C)[nH]c(C(=O)CN2C(=O)N[C@@](C)(c3ccc(C#N)cc3)C2=O)c1C. The van der Waals surface area contributed by atoms with Gasteiger partial charge in [0.2, 0.25) is 0 Å². The summed E-state index contributed by atoms with van der Waals surface area (Å²) in [5.74, 6) is -1.20. The third-order valence-electron chi connectivity index (χ3n) is 5.24. The molecule has 1 saturated heterocycles. The van der Waals surface area contributed by atoms with Crippen LogP contribution in [0.5, 0.6) is 0 Å². The number of nitrogens with one attached hydrogen (secondary N) is 2. The number of aromatic nitrogens is 1. The van der Waals surface area contributed by atoms with Crippen LogP contribution in [0.1, 0.15) is 57.1 Å². The number of carbonyl (C=O) groups is 4. The number of urea groups is 1. The Balaban J connectivity index is 1.87. The second-order valence-electron chi connectivity index (χ2n) is 7.24. The summed E-state index contributed by atoms with van der Waals surface area (Å²) >= 11 is 0. The van der Waals surface area contributed by atoms with Gasteiger partial charge in [0.25, 0.3) is 5.91 Å². The van der Waals surface area contributed by atoms with Gasteiger partial charge in [0, 0.05) is 11.3 Å². The average Bonchev–Trinajstić information content (AvgIpc) is 3.09. The molecule has 1 aliphatic rings. The molecule has 29 heavy (non-hydrogen) atoms. The zero-order valence-corrected chi connectivity index (χ0v) is 16.5. The Morgan fingerprint density at radius 1 is 1.17 bits per heavy atom. The summed E-state index contributed by atoms with van der Waals surface area (Å²) in [5.41, 5.74) is 1.32. The number of aryl methyl sites for hydroxylation is 1. The summed E-state index contributed by atoms with van der Waals surface area (Å²) in [4.78, 5) is 53.8. The smallest absolute Gasteiger partial charge is 0.325 e. The van der Waals surface area contributed by atoms with E-state index in [4.69, 9.17) is 5.26 Å². The number of nitrogens with zero attached hydrogens (tertiary/aromatic N) is 2. The third kappa shape index (κ3) is 3.21. The highest BCUT2D eigenvalue weighted by Gasteiger charge is 2.49. The largest absolute Gasteiger partial charge is 0.355 e. The summed E-state index contributed by atoms with van der Waals surface area (Å²) < 4.78 is 0. The number of amides is 3. The molecule has 1 aliphatic heterocycles. The van der Waals surface area contributed by atoms with Gasteiger partial charge in [0.15, 0.2) is 11.6 Å². The molecular weight excluding hydrogens is 372 g/mol. The standard InChI is InChI=1S/C21H20N4O4/c1-11-17(13(3)26)12(2)23-18(11)16(27)10-25-19(28)21(4,24-20(25)29)15-7-5-14(9-22)6-8-15/h5-8,23H,10H2,1-4H3,(H,24,29)/t21-/m0/s1. The number of aromatic amines is 1. The van der Waals surface area contributed by atoms with E-state index >= 15 is 0 Å². The Morgan fingerprint density at radius 2 is 1.79 bits per heavy atom. The fourth-order valence-electron chi connectivity index (χ4n) is 3.69. The molecule has 2 aromatic rings. The molecule has 2 heterocycles. The molecule has 8 nitrogen and oxygen atoms in total. The maximum absolute atomic E-state index is 13.0. The maximum Gasteiger partial charge on any atom is 0.325 e. The van der Waals surface area contributed by atoms with Crippen molar-refractivity contribution in [3.8, 4) is 6.07 Å². The van der Waals surface area contributed by atoms with E-state index in [2.05, 4.69) is 10.3 Å². The van der Waals surface area contributed by atoms with Crippen LogP contribution in [-0.2, 0) is 10.3 Å². The summed E-state index contributed by atoms with van der Waals surface area (Å²) in [7, 11) is 0. The van der Waals surface area contributed by atoms with E-state index in [1.54, 1.807) is 45.0 Å². The minimum Gasteiger partial charge on any atom is -0.355 e. The van der Waals surface area contributed by atoms with Gasteiger partial charge in [0.05, 0.1) is 23.9 Å². The van der Waals surface area contributed by atoms with Gasteiger partial charge in [-0.1, -0.05) is 12.1 Å². The number of rotatable bonds is 5. The number of imide groups is 1. The number of ketones is 2. The van der Waals surface area contributed by atoms with Crippen LogP contribution in [-0.4, -0.2) is 39.9 Å². The lowest BCUT2D eigenvalue weighted by molar-refractivity contribution is -0.130. The van der Waals surface area contributed by atoms with Crippen molar-refractivity contribution in [3.63, 3.8) is 0 Å². The van der Waals surface area contributed by atoms with Gasteiger partial charge in [-0.3, -0.25) is 19.3 Å². The maximum atomic E-state index is 13.0. The number of hydrogen-bond acceptors (Lipinski definition) is 5. The van der Waals surface area contributed by atoms with E-state index in [9.17, 15) is 19.2 Å². The van der Waals surface area contributed by atoms with Crippen LogP contribution in [0.25, 0.3) is 0 Å². The topological polar surface area (TPSA) is 123 Å². The zero-order chi connectivity index (χ0) is 21.5. The Morgan fingerprint density at radius 3 is 2.31 bits per heavy atom. The van der Waals surface area contributed by atoms with Crippen molar-refractivity contribution in [1.82, 2.24) is 15.2 Å². The highest BCUT2D eigenvalue weighted by molar-refractivity contribution is 6.12. The molecule has 1 aromatic carbocycles. The fourth-order valence-corrected chi connectivity index (χ4v) is 3.69.